The van der Waals surface area contributed by atoms with E-state index in [1.807, 2.05) is 0 Å². The molecule has 0 spiro atoms. The normalized spacial score (nSPS) is 10.9. The van der Waals surface area contributed by atoms with Gasteiger partial charge in [0.2, 0.25) is 5.91 Å². The molecule has 0 unspecified atom stereocenters. The first kappa shape index (κ1) is 21.2. The molecule has 8 heteroatoms. The summed E-state index contributed by atoms with van der Waals surface area (Å²) >= 11 is 0. The Labute approximate surface area is 175 Å². The van der Waals surface area contributed by atoms with Crippen LogP contribution in [0.2, 0.25) is 0 Å². The van der Waals surface area contributed by atoms with Gasteiger partial charge in [0.25, 0.3) is 10.0 Å². The summed E-state index contributed by atoms with van der Waals surface area (Å²) in [4.78, 5) is 12.8. The van der Waals surface area contributed by atoms with Crippen LogP contribution >= 0.6 is 0 Å². The van der Waals surface area contributed by atoms with E-state index in [1.54, 1.807) is 66.7 Å². The fourth-order valence-electron chi connectivity index (χ4n) is 2.89. The zero-order chi connectivity index (χ0) is 21.6. The van der Waals surface area contributed by atoms with E-state index in [-0.39, 0.29) is 10.6 Å². The number of carbonyl (C=O) groups excluding carboxylic acids is 1. The van der Waals surface area contributed by atoms with Crippen LogP contribution in [0.1, 0.15) is 0 Å². The molecule has 0 atom stereocenters. The standard InChI is InChI=1S/C22H22N2O5S/c1-28-18-10-8-9-17(15-18)23-22(25)16-24(20-13-6-7-14-21(20)29-2)30(26,27)19-11-4-3-5-12-19/h3-15H,16H2,1-2H3,(H,23,25). The predicted molar refractivity (Wildman–Crippen MR) is 116 cm³/mol. The third-order valence-corrected chi connectivity index (χ3v) is 6.10. The van der Waals surface area contributed by atoms with Crippen molar-refractivity contribution in [1.29, 1.82) is 0 Å². The van der Waals surface area contributed by atoms with Crippen LogP contribution in [0.25, 0.3) is 0 Å². The summed E-state index contributed by atoms with van der Waals surface area (Å²) in [6.45, 7) is -0.436. The number of methoxy groups -OCH3 is 2. The van der Waals surface area contributed by atoms with E-state index in [1.165, 1.54) is 26.4 Å². The summed E-state index contributed by atoms with van der Waals surface area (Å²) in [5.74, 6) is 0.408. The van der Waals surface area contributed by atoms with Crippen LogP contribution in [0, 0.1) is 0 Å². The topological polar surface area (TPSA) is 84.9 Å². The number of anilines is 2. The van der Waals surface area contributed by atoms with Gasteiger partial charge >= 0.3 is 0 Å². The first-order valence-corrected chi connectivity index (χ1v) is 10.5. The number of sulfonamides is 1. The Balaban J connectivity index is 1.96. The number of para-hydroxylation sites is 2. The molecule has 30 heavy (non-hydrogen) atoms. The van der Waals surface area contributed by atoms with Crippen molar-refractivity contribution in [2.75, 3.05) is 30.4 Å². The number of ether oxygens (including phenoxy) is 2. The maximum atomic E-state index is 13.4. The van der Waals surface area contributed by atoms with Crippen molar-refractivity contribution in [2.24, 2.45) is 0 Å². The molecule has 0 aromatic heterocycles. The van der Waals surface area contributed by atoms with Crippen LogP contribution in [0.3, 0.4) is 0 Å². The van der Waals surface area contributed by atoms with Crippen LogP contribution in [-0.4, -0.2) is 35.1 Å². The number of hydrogen-bond acceptors (Lipinski definition) is 5. The van der Waals surface area contributed by atoms with Gasteiger partial charge in [-0.2, -0.15) is 0 Å². The quantitative estimate of drug-likeness (QED) is 0.596. The van der Waals surface area contributed by atoms with Crippen LogP contribution in [0.4, 0.5) is 11.4 Å². The Morgan fingerprint density at radius 3 is 2.30 bits per heavy atom. The lowest BCUT2D eigenvalue weighted by molar-refractivity contribution is -0.114. The van der Waals surface area contributed by atoms with Crippen molar-refractivity contribution in [3.8, 4) is 11.5 Å². The number of amides is 1. The number of hydrogen-bond donors (Lipinski definition) is 1. The van der Waals surface area contributed by atoms with Crippen molar-refractivity contribution < 1.29 is 22.7 Å². The number of rotatable bonds is 8. The minimum Gasteiger partial charge on any atom is -0.497 e. The Hall–Kier alpha value is -3.52. The molecule has 0 saturated carbocycles. The van der Waals surface area contributed by atoms with E-state index < -0.39 is 22.5 Å². The lowest BCUT2D eigenvalue weighted by atomic mass is 10.3. The molecule has 156 valence electrons. The number of nitrogens with one attached hydrogen (secondary N) is 1. The highest BCUT2D eigenvalue weighted by Crippen LogP contribution is 2.32. The average Bonchev–Trinajstić information content (AvgIpc) is 2.78. The van der Waals surface area contributed by atoms with Gasteiger partial charge in [-0.1, -0.05) is 36.4 Å². The zero-order valence-electron chi connectivity index (χ0n) is 16.6. The molecular weight excluding hydrogens is 404 g/mol. The first-order valence-electron chi connectivity index (χ1n) is 9.10. The van der Waals surface area contributed by atoms with E-state index in [4.69, 9.17) is 9.47 Å². The summed E-state index contributed by atoms with van der Waals surface area (Å²) in [6.07, 6.45) is 0. The lowest BCUT2D eigenvalue weighted by Crippen LogP contribution is -2.38. The van der Waals surface area contributed by atoms with Gasteiger partial charge in [0, 0.05) is 11.8 Å². The van der Waals surface area contributed by atoms with Crippen LogP contribution in [0.15, 0.2) is 83.8 Å². The molecule has 1 N–H and O–H groups in total. The molecule has 0 aliphatic rings. The summed E-state index contributed by atoms with van der Waals surface area (Å²) < 4.78 is 38.2. The molecule has 3 rings (SSSR count). The SMILES string of the molecule is COc1cccc(NC(=O)CN(c2ccccc2OC)S(=O)(=O)c2ccccc2)c1. The van der Waals surface area contributed by atoms with Crippen molar-refractivity contribution in [1.82, 2.24) is 0 Å². The second-order valence-corrected chi connectivity index (χ2v) is 8.14. The molecule has 0 heterocycles. The van der Waals surface area contributed by atoms with Gasteiger partial charge in [-0.05, 0) is 36.4 Å². The van der Waals surface area contributed by atoms with E-state index >= 15 is 0 Å². The lowest BCUT2D eigenvalue weighted by Gasteiger charge is -2.25. The molecule has 0 radical (unpaired) electrons. The molecule has 7 nitrogen and oxygen atoms in total. The van der Waals surface area contributed by atoms with Crippen LogP contribution < -0.4 is 19.1 Å². The monoisotopic (exact) mass is 426 g/mol. The van der Waals surface area contributed by atoms with Gasteiger partial charge in [-0.15, -0.1) is 0 Å². The van der Waals surface area contributed by atoms with Gasteiger partial charge < -0.3 is 14.8 Å². The second kappa shape index (κ2) is 9.32. The third kappa shape index (κ3) is 4.72. The fourth-order valence-corrected chi connectivity index (χ4v) is 4.34. The maximum Gasteiger partial charge on any atom is 0.264 e. The number of benzene rings is 3. The minimum atomic E-state index is -4.02. The Morgan fingerprint density at radius 1 is 0.900 bits per heavy atom. The second-order valence-electron chi connectivity index (χ2n) is 6.28. The molecule has 0 aliphatic carbocycles. The zero-order valence-corrected chi connectivity index (χ0v) is 17.4. The number of carbonyl (C=O) groups is 1. The summed E-state index contributed by atoms with van der Waals surface area (Å²) in [5, 5.41) is 2.71. The molecular formula is C22H22N2O5S. The smallest absolute Gasteiger partial charge is 0.264 e. The molecule has 0 saturated heterocycles. The van der Waals surface area contributed by atoms with Crippen molar-refractivity contribution >= 4 is 27.3 Å². The average molecular weight is 426 g/mol. The Bertz CT molecular complexity index is 1120. The Morgan fingerprint density at radius 2 is 1.60 bits per heavy atom. The highest BCUT2D eigenvalue weighted by molar-refractivity contribution is 7.92. The van der Waals surface area contributed by atoms with Gasteiger partial charge in [0.15, 0.2) is 0 Å². The largest absolute Gasteiger partial charge is 0.497 e. The Kier molecular flexibility index (Phi) is 6.58. The van der Waals surface area contributed by atoms with E-state index in [0.717, 1.165) is 4.31 Å². The molecule has 3 aromatic carbocycles. The van der Waals surface area contributed by atoms with Gasteiger partial charge in [-0.3, -0.25) is 9.10 Å². The van der Waals surface area contributed by atoms with Gasteiger partial charge in [0.05, 0.1) is 24.8 Å². The first-order chi connectivity index (χ1) is 14.5. The van der Waals surface area contributed by atoms with Crippen molar-refractivity contribution in [3.63, 3.8) is 0 Å². The van der Waals surface area contributed by atoms with Crippen LogP contribution in [0.5, 0.6) is 11.5 Å². The fraction of sp³-hybridized carbons (Fsp3) is 0.136. The van der Waals surface area contributed by atoms with E-state index in [9.17, 15) is 13.2 Å². The molecule has 3 aromatic rings. The van der Waals surface area contributed by atoms with Crippen molar-refractivity contribution in [3.05, 3.63) is 78.9 Å². The highest BCUT2D eigenvalue weighted by atomic mass is 32.2. The molecule has 0 fully saturated rings. The minimum absolute atomic E-state index is 0.0742. The van der Waals surface area contributed by atoms with E-state index in [2.05, 4.69) is 5.32 Å². The van der Waals surface area contributed by atoms with Gasteiger partial charge in [0.1, 0.15) is 18.0 Å². The summed E-state index contributed by atoms with van der Waals surface area (Å²) in [5.41, 5.74) is 0.765. The maximum absolute atomic E-state index is 13.4. The predicted octanol–water partition coefficient (Wildman–Crippen LogP) is 3.54. The summed E-state index contributed by atoms with van der Waals surface area (Å²) in [7, 11) is -1.05. The molecule has 1 amide bonds. The summed E-state index contributed by atoms with van der Waals surface area (Å²) in [6, 6.07) is 21.4. The molecule has 0 bridgehead atoms. The highest BCUT2D eigenvalue weighted by Gasteiger charge is 2.29. The van der Waals surface area contributed by atoms with Crippen molar-refractivity contribution in [2.45, 2.75) is 4.90 Å². The number of nitrogens with zero attached hydrogens (tertiary/aromatic N) is 1. The molecule has 0 aliphatic heterocycles. The third-order valence-electron chi connectivity index (χ3n) is 4.33. The van der Waals surface area contributed by atoms with Crippen LogP contribution in [-0.2, 0) is 14.8 Å². The van der Waals surface area contributed by atoms with Gasteiger partial charge in [-0.25, -0.2) is 8.42 Å². The van der Waals surface area contributed by atoms with E-state index in [0.29, 0.717) is 17.2 Å².